The van der Waals surface area contributed by atoms with E-state index in [1.807, 2.05) is 0 Å². The lowest BCUT2D eigenvalue weighted by atomic mass is 10.7. The first-order chi connectivity index (χ1) is 3.77. The van der Waals surface area contributed by atoms with Crippen LogP contribution in [-0.4, -0.2) is 16.6 Å². The van der Waals surface area contributed by atoms with Crippen LogP contribution in [-0.2, 0) is 9.09 Å². The standard InChI is InChI=1S/C3H5O4P/c4-2-1-3-7-8(5)6/h1-2H,3H2,(H-,4,5,6)/p+1. The Morgan fingerprint density at radius 1 is 1.75 bits per heavy atom. The molecule has 8 heavy (non-hydrogen) atoms. The van der Waals surface area contributed by atoms with E-state index in [1.165, 1.54) is 6.08 Å². The van der Waals surface area contributed by atoms with Crippen LogP contribution in [0.2, 0.25) is 0 Å². The van der Waals surface area contributed by atoms with E-state index >= 15 is 0 Å². The van der Waals surface area contributed by atoms with E-state index in [9.17, 15) is 4.57 Å². The number of hydrogen-bond donors (Lipinski definition) is 2. The first-order valence-corrected chi connectivity index (χ1v) is 2.98. The molecule has 1 unspecified atom stereocenters. The minimum Gasteiger partial charge on any atom is -0.516 e. The summed E-state index contributed by atoms with van der Waals surface area (Å²) >= 11 is 0. The summed E-state index contributed by atoms with van der Waals surface area (Å²) < 4.78 is 13.8. The molecule has 2 N–H and O–H groups in total. The molecule has 0 aliphatic rings. The van der Waals surface area contributed by atoms with Crippen LogP contribution in [0.15, 0.2) is 12.3 Å². The van der Waals surface area contributed by atoms with Gasteiger partial charge in [-0.25, -0.2) is 0 Å². The zero-order valence-corrected chi connectivity index (χ0v) is 4.91. The maximum atomic E-state index is 9.68. The van der Waals surface area contributed by atoms with Crippen LogP contribution in [0, 0.1) is 0 Å². The highest BCUT2D eigenvalue weighted by atomic mass is 31.1. The van der Waals surface area contributed by atoms with Gasteiger partial charge in [0.15, 0.2) is 0 Å². The molecule has 0 aromatic heterocycles. The van der Waals surface area contributed by atoms with Crippen LogP contribution in [0.4, 0.5) is 0 Å². The number of rotatable bonds is 3. The average molecular weight is 137 g/mol. The molecule has 46 valence electrons. The van der Waals surface area contributed by atoms with E-state index in [1.54, 1.807) is 0 Å². The Labute approximate surface area is 47.4 Å². The third kappa shape index (κ3) is 5.56. The topological polar surface area (TPSA) is 66.8 Å². The predicted molar refractivity (Wildman–Crippen MR) is 27.5 cm³/mol. The van der Waals surface area contributed by atoms with Gasteiger partial charge in [0.2, 0.25) is 0 Å². The molecule has 0 saturated heterocycles. The fraction of sp³-hybridized carbons (Fsp3) is 0.333. The van der Waals surface area contributed by atoms with Crippen molar-refractivity contribution in [3.05, 3.63) is 12.3 Å². The molecule has 0 saturated carbocycles. The van der Waals surface area contributed by atoms with Crippen molar-refractivity contribution in [2.45, 2.75) is 0 Å². The first kappa shape index (κ1) is 7.56. The van der Waals surface area contributed by atoms with Gasteiger partial charge in [-0.15, -0.1) is 9.42 Å². The lowest BCUT2D eigenvalue weighted by Crippen LogP contribution is -1.77. The summed E-state index contributed by atoms with van der Waals surface area (Å²) in [4.78, 5) is 7.95. The summed E-state index contributed by atoms with van der Waals surface area (Å²) in [5, 5.41) is 7.94. The largest absolute Gasteiger partial charge is 0.695 e. The Morgan fingerprint density at radius 3 is 2.75 bits per heavy atom. The molecule has 0 aromatic rings. The zero-order valence-electron chi connectivity index (χ0n) is 4.02. The Bertz CT molecular complexity index is 99.5. The minimum absolute atomic E-state index is 0.0395. The molecule has 0 spiro atoms. The molecule has 0 aliphatic carbocycles. The van der Waals surface area contributed by atoms with Crippen LogP contribution >= 0.6 is 8.25 Å². The van der Waals surface area contributed by atoms with E-state index in [2.05, 4.69) is 4.52 Å². The van der Waals surface area contributed by atoms with Crippen LogP contribution in [0.5, 0.6) is 0 Å². The van der Waals surface area contributed by atoms with Gasteiger partial charge in [0.25, 0.3) is 0 Å². The average Bonchev–Trinajstić information content (AvgIpc) is 1.66. The number of hydrogen-bond acceptors (Lipinski definition) is 3. The molecular formula is C3H6O4P+. The summed E-state index contributed by atoms with van der Waals surface area (Å²) in [6.07, 6.45) is 1.96. The predicted octanol–water partition coefficient (Wildman–Crippen LogP) is 0.724. The van der Waals surface area contributed by atoms with E-state index < -0.39 is 8.25 Å². The summed E-state index contributed by atoms with van der Waals surface area (Å²) in [6.45, 7) is -0.0395. The lowest BCUT2D eigenvalue weighted by Gasteiger charge is -1.73. The highest BCUT2D eigenvalue weighted by Crippen LogP contribution is 2.12. The van der Waals surface area contributed by atoms with Gasteiger partial charge in [0.1, 0.15) is 6.61 Å². The summed E-state index contributed by atoms with van der Waals surface area (Å²) in [5.74, 6) is 0. The molecule has 0 aromatic carbocycles. The van der Waals surface area contributed by atoms with Gasteiger partial charge < -0.3 is 5.11 Å². The zero-order chi connectivity index (χ0) is 6.41. The fourth-order valence-corrected chi connectivity index (χ4v) is 0.363. The molecule has 0 amide bonds. The molecule has 0 fully saturated rings. The normalized spacial score (nSPS) is 12.4. The Balaban J connectivity index is 3.05. The number of aliphatic hydroxyl groups excluding tert-OH is 1. The molecule has 0 aliphatic heterocycles. The van der Waals surface area contributed by atoms with Crippen LogP contribution in [0.3, 0.4) is 0 Å². The van der Waals surface area contributed by atoms with Gasteiger partial charge in [0, 0.05) is 4.57 Å². The van der Waals surface area contributed by atoms with Crippen molar-refractivity contribution >= 4 is 8.25 Å². The SMILES string of the molecule is O=[P+](O)OCC=CO. The van der Waals surface area contributed by atoms with Gasteiger partial charge in [-0.3, -0.25) is 0 Å². The van der Waals surface area contributed by atoms with Crippen molar-refractivity contribution in [3.63, 3.8) is 0 Å². The maximum absolute atomic E-state index is 9.68. The Morgan fingerprint density at radius 2 is 2.38 bits per heavy atom. The molecule has 4 nitrogen and oxygen atoms in total. The number of aliphatic hydroxyl groups is 1. The van der Waals surface area contributed by atoms with E-state index in [-0.39, 0.29) is 6.61 Å². The lowest BCUT2D eigenvalue weighted by molar-refractivity contribution is 0.310. The third-order valence-electron chi connectivity index (χ3n) is 0.387. The minimum atomic E-state index is -2.52. The molecule has 5 heteroatoms. The second-order valence-corrected chi connectivity index (χ2v) is 1.65. The quantitative estimate of drug-likeness (QED) is 0.444. The Hall–Kier alpha value is -0.440. The smallest absolute Gasteiger partial charge is 0.516 e. The summed E-state index contributed by atoms with van der Waals surface area (Å²) in [6, 6.07) is 0. The van der Waals surface area contributed by atoms with E-state index in [0.29, 0.717) is 0 Å². The monoisotopic (exact) mass is 137 g/mol. The van der Waals surface area contributed by atoms with Crippen molar-refractivity contribution < 1.29 is 19.1 Å². The highest BCUT2D eigenvalue weighted by Gasteiger charge is 2.08. The van der Waals surface area contributed by atoms with Gasteiger partial charge >= 0.3 is 8.25 Å². The third-order valence-corrected chi connectivity index (χ3v) is 0.757. The van der Waals surface area contributed by atoms with Crippen molar-refractivity contribution in [2.75, 3.05) is 6.61 Å². The van der Waals surface area contributed by atoms with Crippen LogP contribution in [0.1, 0.15) is 0 Å². The molecular weight excluding hydrogens is 131 g/mol. The van der Waals surface area contributed by atoms with Crippen molar-refractivity contribution in [1.82, 2.24) is 0 Å². The molecule has 0 radical (unpaired) electrons. The molecule has 1 atom stereocenters. The van der Waals surface area contributed by atoms with Crippen LogP contribution in [0.25, 0.3) is 0 Å². The highest BCUT2D eigenvalue weighted by molar-refractivity contribution is 7.32. The summed E-state index contributed by atoms with van der Waals surface area (Å²) in [5.41, 5.74) is 0. The maximum Gasteiger partial charge on any atom is 0.695 e. The van der Waals surface area contributed by atoms with Gasteiger partial charge in [-0.05, 0) is 6.08 Å². The second-order valence-electron chi connectivity index (χ2n) is 0.918. The fourth-order valence-electron chi connectivity index (χ4n) is 0.150. The van der Waals surface area contributed by atoms with E-state index in [0.717, 1.165) is 6.26 Å². The van der Waals surface area contributed by atoms with Crippen molar-refractivity contribution in [3.8, 4) is 0 Å². The van der Waals surface area contributed by atoms with Crippen molar-refractivity contribution in [2.24, 2.45) is 0 Å². The molecule has 0 heterocycles. The summed E-state index contributed by atoms with van der Waals surface area (Å²) in [7, 11) is -2.52. The van der Waals surface area contributed by atoms with Gasteiger partial charge in [-0.2, -0.15) is 0 Å². The van der Waals surface area contributed by atoms with Gasteiger partial charge in [0.05, 0.1) is 6.26 Å². The Kier molecular flexibility index (Phi) is 4.45. The second kappa shape index (κ2) is 4.71. The first-order valence-electron chi connectivity index (χ1n) is 1.85. The van der Waals surface area contributed by atoms with Crippen molar-refractivity contribution in [1.29, 1.82) is 0 Å². The van der Waals surface area contributed by atoms with Crippen LogP contribution < -0.4 is 0 Å². The van der Waals surface area contributed by atoms with Gasteiger partial charge in [-0.1, -0.05) is 0 Å². The molecule has 0 bridgehead atoms. The van der Waals surface area contributed by atoms with E-state index in [4.69, 9.17) is 10.00 Å². The molecule has 0 rings (SSSR count).